The second-order valence-electron chi connectivity index (χ2n) is 7.95. The molecule has 7 heteroatoms. The van der Waals surface area contributed by atoms with Gasteiger partial charge in [-0.25, -0.2) is 0 Å². The minimum atomic E-state index is -0.259. The number of anilines is 1. The lowest BCUT2D eigenvalue weighted by atomic mass is 9.98. The molecule has 0 unspecified atom stereocenters. The maximum Gasteiger partial charge on any atom is 0.258 e. The van der Waals surface area contributed by atoms with Crippen molar-refractivity contribution in [2.75, 3.05) is 24.5 Å². The highest BCUT2D eigenvalue weighted by Crippen LogP contribution is 2.34. The van der Waals surface area contributed by atoms with Crippen molar-refractivity contribution in [3.05, 3.63) is 82.8 Å². The van der Waals surface area contributed by atoms with Crippen LogP contribution in [0.1, 0.15) is 22.0 Å². The van der Waals surface area contributed by atoms with Gasteiger partial charge < -0.3 is 19.5 Å². The van der Waals surface area contributed by atoms with Crippen molar-refractivity contribution >= 4 is 28.3 Å². The number of rotatable bonds is 3. The quantitative estimate of drug-likeness (QED) is 0.667. The fourth-order valence-electron chi connectivity index (χ4n) is 4.42. The Balaban J connectivity index is 1.48. The molecule has 0 radical (unpaired) electrons. The molecule has 2 aromatic carbocycles. The van der Waals surface area contributed by atoms with Gasteiger partial charge in [0.15, 0.2) is 0 Å². The first-order chi connectivity index (χ1) is 15.0. The highest BCUT2D eigenvalue weighted by Gasteiger charge is 2.33. The first-order valence-corrected chi connectivity index (χ1v) is 10.2. The second kappa shape index (κ2) is 7.12. The van der Waals surface area contributed by atoms with Crippen molar-refractivity contribution in [2.45, 2.75) is 12.5 Å². The number of likely N-dealkylation sites (tertiary alicyclic amines) is 1. The van der Waals surface area contributed by atoms with E-state index in [-0.39, 0.29) is 29.2 Å². The average Bonchev–Trinajstić information content (AvgIpc) is 2.73. The Labute approximate surface area is 178 Å². The van der Waals surface area contributed by atoms with Crippen molar-refractivity contribution in [2.24, 2.45) is 0 Å². The molecule has 3 heterocycles. The highest BCUT2D eigenvalue weighted by molar-refractivity contribution is 6.12. The van der Waals surface area contributed by atoms with Crippen LogP contribution in [0.3, 0.4) is 0 Å². The summed E-state index contributed by atoms with van der Waals surface area (Å²) in [5.74, 6) is -0.309. The van der Waals surface area contributed by atoms with E-state index in [0.29, 0.717) is 37.3 Å². The molecule has 0 atom stereocenters. The van der Waals surface area contributed by atoms with Crippen LogP contribution >= 0.6 is 0 Å². The molecule has 1 saturated heterocycles. The summed E-state index contributed by atoms with van der Waals surface area (Å²) in [5.41, 5.74) is 1.58. The van der Waals surface area contributed by atoms with E-state index < -0.39 is 0 Å². The Morgan fingerprint density at radius 3 is 2.68 bits per heavy atom. The molecule has 1 fully saturated rings. The lowest BCUT2D eigenvalue weighted by Gasteiger charge is -2.40. The largest absolute Gasteiger partial charge is 0.508 e. The molecule has 0 aliphatic carbocycles. The van der Waals surface area contributed by atoms with Crippen LogP contribution < -0.4 is 10.5 Å². The van der Waals surface area contributed by atoms with Crippen LogP contribution in [-0.2, 0) is 11.2 Å². The minimum absolute atomic E-state index is 0.0892. The molecular weight excluding hydrogens is 394 g/mol. The first kappa shape index (κ1) is 19.1. The second-order valence-corrected chi connectivity index (χ2v) is 7.95. The number of hydrogen-bond donors (Lipinski definition) is 1. The third-order valence-corrected chi connectivity index (χ3v) is 6.10. The molecule has 5 rings (SSSR count). The van der Waals surface area contributed by atoms with Gasteiger partial charge in [-0.1, -0.05) is 30.8 Å². The monoisotopic (exact) mass is 415 g/mol. The zero-order valence-corrected chi connectivity index (χ0v) is 16.8. The standard InChI is InChI=1S/C24H21N3O4/c1-2-22(29)25-13-17(14-25)27-12-16-7-8-26(24(31)20(16)11-23(27)30)21-10-18(28)9-15-5-3-4-6-19(15)21/h2-6,9-12,17,28H,1,7-8,13-14H2. The molecule has 2 amide bonds. The van der Waals surface area contributed by atoms with Crippen molar-refractivity contribution in [1.82, 2.24) is 9.47 Å². The number of phenols is 1. The topological polar surface area (TPSA) is 82.9 Å². The van der Waals surface area contributed by atoms with E-state index in [9.17, 15) is 19.5 Å². The Kier molecular flexibility index (Phi) is 4.39. The predicted octanol–water partition coefficient (Wildman–Crippen LogP) is 2.48. The number of hydrogen-bond acceptors (Lipinski definition) is 4. The van der Waals surface area contributed by atoms with Gasteiger partial charge in [-0.05, 0) is 29.5 Å². The SMILES string of the molecule is C=CC(=O)N1CC(n2cc3c(cc2=O)C(=O)N(c2cc(O)cc4ccccc24)CC3)C1. The molecule has 1 aromatic heterocycles. The molecule has 1 N–H and O–H groups in total. The number of pyridine rings is 1. The van der Waals surface area contributed by atoms with E-state index in [1.807, 2.05) is 24.3 Å². The zero-order chi connectivity index (χ0) is 21.7. The third-order valence-electron chi connectivity index (χ3n) is 6.10. The Bertz CT molecular complexity index is 1300. The van der Waals surface area contributed by atoms with Gasteiger partial charge in [0.25, 0.3) is 11.5 Å². The van der Waals surface area contributed by atoms with Gasteiger partial charge in [-0.3, -0.25) is 14.4 Å². The molecule has 0 spiro atoms. The molecule has 0 saturated carbocycles. The normalized spacial score (nSPS) is 16.2. The van der Waals surface area contributed by atoms with Gasteiger partial charge in [-0.2, -0.15) is 0 Å². The van der Waals surface area contributed by atoms with Crippen LogP contribution in [-0.4, -0.2) is 46.0 Å². The van der Waals surface area contributed by atoms with E-state index in [0.717, 1.165) is 16.3 Å². The van der Waals surface area contributed by atoms with Gasteiger partial charge in [0.2, 0.25) is 5.91 Å². The first-order valence-electron chi connectivity index (χ1n) is 10.2. The molecule has 7 nitrogen and oxygen atoms in total. The van der Waals surface area contributed by atoms with E-state index in [1.165, 1.54) is 12.1 Å². The molecule has 3 aromatic rings. The van der Waals surface area contributed by atoms with Crippen LogP contribution in [0.15, 0.2) is 66.1 Å². The minimum Gasteiger partial charge on any atom is -0.508 e. The average molecular weight is 415 g/mol. The van der Waals surface area contributed by atoms with Crippen LogP contribution in [0, 0.1) is 0 Å². The van der Waals surface area contributed by atoms with Crippen molar-refractivity contribution in [3.63, 3.8) is 0 Å². The fourth-order valence-corrected chi connectivity index (χ4v) is 4.42. The number of carbonyl (C=O) groups is 2. The number of phenolic OH excluding ortho intramolecular Hbond substituents is 1. The summed E-state index contributed by atoms with van der Waals surface area (Å²) in [6, 6.07) is 12.1. The molecular formula is C24H21N3O4. The van der Waals surface area contributed by atoms with Crippen molar-refractivity contribution in [1.29, 1.82) is 0 Å². The summed E-state index contributed by atoms with van der Waals surface area (Å²) in [7, 11) is 0. The molecule has 156 valence electrons. The third kappa shape index (κ3) is 3.09. The van der Waals surface area contributed by atoms with Gasteiger partial charge in [0.1, 0.15) is 5.75 Å². The Hall–Kier alpha value is -3.87. The Morgan fingerprint density at radius 1 is 1.13 bits per heavy atom. The van der Waals surface area contributed by atoms with Crippen molar-refractivity contribution in [3.8, 4) is 5.75 Å². The number of aromatic hydroxyl groups is 1. The van der Waals surface area contributed by atoms with Crippen LogP contribution in [0.2, 0.25) is 0 Å². The van der Waals surface area contributed by atoms with Crippen LogP contribution in [0.4, 0.5) is 5.69 Å². The Morgan fingerprint density at radius 2 is 1.90 bits per heavy atom. The number of carbonyl (C=O) groups excluding carboxylic acids is 2. The summed E-state index contributed by atoms with van der Waals surface area (Å²) in [6.07, 6.45) is 3.62. The maximum atomic E-state index is 13.3. The van der Waals surface area contributed by atoms with E-state index >= 15 is 0 Å². The summed E-state index contributed by atoms with van der Waals surface area (Å²) >= 11 is 0. The molecule has 0 bridgehead atoms. The van der Waals surface area contributed by atoms with Crippen LogP contribution in [0.5, 0.6) is 5.75 Å². The number of fused-ring (bicyclic) bond motifs is 2. The van der Waals surface area contributed by atoms with E-state index in [2.05, 4.69) is 6.58 Å². The number of benzene rings is 2. The highest BCUT2D eigenvalue weighted by atomic mass is 16.3. The van der Waals surface area contributed by atoms with Crippen molar-refractivity contribution < 1.29 is 14.7 Å². The number of aromatic nitrogens is 1. The van der Waals surface area contributed by atoms with E-state index in [4.69, 9.17) is 0 Å². The van der Waals surface area contributed by atoms with E-state index in [1.54, 1.807) is 32.7 Å². The lowest BCUT2D eigenvalue weighted by Crippen LogP contribution is -2.52. The summed E-state index contributed by atoms with van der Waals surface area (Å²) < 4.78 is 1.62. The summed E-state index contributed by atoms with van der Waals surface area (Å²) in [6.45, 7) is 4.85. The smallest absolute Gasteiger partial charge is 0.258 e. The molecule has 2 aliphatic heterocycles. The van der Waals surface area contributed by atoms with Gasteiger partial charge in [0.05, 0.1) is 17.3 Å². The summed E-state index contributed by atoms with van der Waals surface area (Å²) in [4.78, 5) is 41.0. The number of nitrogens with zero attached hydrogens (tertiary/aromatic N) is 3. The fraction of sp³-hybridized carbons (Fsp3) is 0.208. The lowest BCUT2D eigenvalue weighted by molar-refractivity contribution is -0.131. The molecule has 31 heavy (non-hydrogen) atoms. The zero-order valence-electron chi connectivity index (χ0n) is 16.8. The number of amides is 2. The van der Waals surface area contributed by atoms with Gasteiger partial charge in [0, 0.05) is 43.4 Å². The van der Waals surface area contributed by atoms with Crippen LogP contribution in [0.25, 0.3) is 10.8 Å². The maximum absolute atomic E-state index is 13.3. The van der Waals surface area contributed by atoms with Gasteiger partial charge in [-0.15, -0.1) is 0 Å². The predicted molar refractivity (Wildman–Crippen MR) is 118 cm³/mol. The molecule has 2 aliphatic rings. The summed E-state index contributed by atoms with van der Waals surface area (Å²) in [5, 5.41) is 11.9. The van der Waals surface area contributed by atoms with Gasteiger partial charge >= 0.3 is 0 Å².